The van der Waals surface area contributed by atoms with Crippen molar-refractivity contribution in [3.8, 4) is 0 Å². The molecule has 0 saturated carbocycles. The van der Waals surface area contributed by atoms with Crippen molar-refractivity contribution in [2.75, 3.05) is 11.2 Å². The minimum atomic E-state index is -0.156. The molecule has 2 nitrogen and oxygen atoms in total. The first-order valence-electron chi connectivity index (χ1n) is 6.51. The van der Waals surface area contributed by atoms with Gasteiger partial charge in [-0.15, -0.1) is 11.6 Å². The van der Waals surface area contributed by atoms with Crippen LogP contribution in [0.25, 0.3) is 0 Å². The Kier molecular flexibility index (Phi) is 6.33. The third-order valence-electron chi connectivity index (χ3n) is 2.96. The number of hydrogen-bond acceptors (Lipinski definition) is 1. The summed E-state index contributed by atoms with van der Waals surface area (Å²) >= 11 is 13.8. The fourth-order valence-electron chi connectivity index (χ4n) is 1.95. The summed E-state index contributed by atoms with van der Waals surface area (Å²) in [6.45, 7) is 0. The largest absolute Gasteiger partial charge is 0.322 e. The van der Waals surface area contributed by atoms with E-state index in [-0.39, 0.29) is 5.91 Å². The van der Waals surface area contributed by atoms with E-state index in [1.54, 1.807) is 12.1 Å². The first kappa shape index (κ1) is 16.6. The van der Waals surface area contributed by atoms with Crippen LogP contribution >= 0.6 is 45.8 Å². The van der Waals surface area contributed by atoms with Crippen LogP contribution < -0.4 is 5.32 Å². The number of aryl methyl sites for hydroxylation is 1. The van der Waals surface area contributed by atoms with Gasteiger partial charge in [-0.05, 0) is 71.3 Å². The molecule has 2 aromatic carbocycles. The minimum Gasteiger partial charge on any atom is -0.322 e. The highest BCUT2D eigenvalue weighted by Gasteiger charge is 2.11. The number of benzene rings is 2. The van der Waals surface area contributed by atoms with Crippen molar-refractivity contribution in [1.82, 2.24) is 0 Å². The molecule has 0 fully saturated rings. The Morgan fingerprint density at radius 2 is 2.00 bits per heavy atom. The number of carbonyl (C=O) groups is 1. The molecule has 0 aromatic heterocycles. The second kappa shape index (κ2) is 8.01. The third-order valence-corrected chi connectivity index (χ3v) is 4.40. The Morgan fingerprint density at radius 1 is 1.19 bits per heavy atom. The van der Waals surface area contributed by atoms with Crippen LogP contribution in [0.1, 0.15) is 22.3 Å². The molecule has 0 heterocycles. The molecule has 0 atom stereocenters. The second-order valence-electron chi connectivity index (χ2n) is 4.57. The summed E-state index contributed by atoms with van der Waals surface area (Å²) in [6.07, 6.45) is 1.83. The van der Waals surface area contributed by atoms with Gasteiger partial charge < -0.3 is 5.32 Å². The van der Waals surface area contributed by atoms with Gasteiger partial charge in [-0.25, -0.2) is 0 Å². The summed E-state index contributed by atoms with van der Waals surface area (Å²) in [5, 5.41) is 3.46. The Hall–Kier alpha value is -0.780. The molecule has 5 heteroatoms. The van der Waals surface area contributed by atoms with Crippen LogP contribution in [0.5, 0.6) is 0 Å². The maximum atomic E-state index is 12.3. The maximum absolute atomic E-state index is 12.3. The van der Waals surface area contributed by atoms with Crippen molar-refractivity contribution in [3.63, 3.8) is 0 Å². The Morgan fingerprint density at radius 3 is 2.76 bits per heavy atom. The van der Waals surface area contributed by atoms with Gasteiger partial charge in [0.15, 0.2) is 0 Å². The zero-order valence-corrected chi connectivity index (χ0v) is 14.9. The van der Waals surface area contributed by atoms with E-state index in [1.165, 1.54) is 0 Å². The monoisotopic (exact) mass is 433 g/mol. The summed E-state index contributed by atoms with van der Waals surface area (Å²) < 4.78 is 0.868. The Labute approximate surface area is 148 Å². The number of alkyl halides is 1. The van der Waals surface area contributed by atoms with E-state index in [9.17, 15) is 4.79 Å². The normalized spacial score (nSPS) is 10.4. The quantitative estimate of drug-likeness (QED) is 0.498. The number of amides is 1. The van der Waals surface area contributed by atoms with E-state index in [4.69, 9.17) is 23.2 Å². The molecule has 0 aliphatic rings. The Balaban J connectivity index is 2.14. The molecule has 1 N–H and O–H groups in total. The van der Waals surface area contributed by atoms with Gasteiger partial charge in [0, 0.05) is 20.2 Å². The lowest BCUT2D eigenvalue weighted by molar-refractivity contribution is 0.102. The van der Waals surface area contributed by atoms with Crippen LogP contribution in [0.4, 0.5) is 5.69 Å². The summed E-state index contributed by atoms with van der Waals surface area (Å²) in [6, 6.07) is 13.1. The lowest BCUT2D eigenvalue weighted by atomic mass is 10.1. The molecular weight excluding hydrogens is 420 g/mol. The van der Waals surface area contributed by atoms with Crippen molar-refractivity contribution < 1.29 is 4.79 Å². The van der Waals surface area contributed by atoms with Crippen LogP contribution in [0.3, 0.4) is 0 Å². The van der Waals surface area contributed by atoms with Crippen molar-refractivity contribution in [2.45, 2.75) is 12.8 Å². The van der Waals surface area contributed by atoms with E-state index in [2.05, 4.69) is 27.9 Å². The highest BCUT2D eigenvalue weighted by atomic mass is 127. The number of nitrogens with one attached hydrogen (secondary N) is 1. The predicted molar refractivity (Wildman–Crippen MR) is 97.6 cm³/mol. The highest BCUT2D eigenvalue weighted by molar-refractivity contribution is 14.1. The molecular formula is C16H14Cl2INO. The van der Waals surface area contributed by atoms with Gasteiger partial charge in [0.25, 0.3) is 5.91 Å². The first-order chi connectivity index (χ1) is 10.1. The summed E-state index contributed by atoms with van der Waals surface area (Å²) in [5.74, 6) is 0.480. The van der Waals surface area contributed by atoms with Gasteiger partial charge in [0.2, 0.25) is 0 Å². The van der Waals surface area contributed by atoms with E-state index in [1.807, 2.05) is 30.3 Å². The van der Waals surface area contributed by atoms with Crippen LogP contribution in [0, 0.1) is 3.57 Å². The fraction of sp³-hybridized carbons (Fsp3) is 0.188. The van der Waals surface area contributed by atoms with Crippen LogP contribution in [0.15, 0.2) is 42.5 Å². The molecule has 0 radical (unpaired) electrons. The summed E-state index contributed by atoms with van der Waals surface area (Å²) in [4.78, 5) is 12.3. The van der Waals surface area contributed by atoms with E-state index < -0.39 is 0 Å². The molecule has 0 bridgehead atoms. The molecule has 0 aliphatic carbocycles. The molecule has 110 valence electrons. The van der Waals surface area contributed by atoms with Crippen molar-refractivity contribution in [2.24, 2.45) is 0 Å². The molecule has 2 aromatic rings. The topological polar surface area (TPSA) is 29.1 Å². The maximum Gasteiger partial charge on any atom is 0.256 e. The lowest BCUT2D eigenvalue weighted by Crippen LogP contribution is -2.13. The van der Waals surface area contributed by atoms with Gasteiger partial charge in [-0.1, -0.05) is 23.7 Å². The van der Waals surface area contributed by atoms with Crippen molar-refractivity contribution >= 4 is 57.4 Å². The fourth-order valence-corrected chi connectivity index (χ4v) is 2.83. The average molecular weight is 434 g/mol. The van der Waals surface area contributed by atoms with Crippen LogP contribution in [-0.4, -0.2) is 11.8 Å². The molecule has 2 rings (SSSR count). The zero-order chi connectivity index (χ0) is 15.2. The zero-order valence-electron chi connectivity index (χ0n) is 11.2. The van der Waals surface area contributed by atoms with Gasteiger partial charge in [0.1, 0.15) is 0 Å². The summed E-state index contributed by atoms with van der Waals surface area (Å²) in [7, 11) is 0. The van der Waals surface area contributed by atoms with Crippen LogP contribution in [-0.2, 0) is 6.42 Å². The SMILES string of the molecule is O=C(Nc1cccc(CCCCl)c1)c1cc(Cl)ccc1I. The summed E-state index contributed by atoms with van der Waals surface area (Å²) in [5.41, 5.74) is 2.52. The van der Waals surface area contributed by atoms with Gasteiger partial charge in [-0.3, -0.25) is 4.79 Å². The van der Waals surface area contributed by atoms with E-state index in [0.717, 1.165) is 27.7 Å². The molecule has 0 unspecified atom stereocenters. The number of carbonyl (C=O) groups excluding carboxylic acids is 1. The first-order valence-corrected chi connectivity index (χ1v) is 8.50. The highest BCUT2D eigenvalue weighted by Crippen LogP contribution is 2.20. The van der Waals surface area contributed by atoms with E-state index >= 15 is 0 Å². The van der Waals surface area contributed by atoms with E-state index in [0.29, 0.717) is 16.5 Å². The average Bonchev–Trinajstić information content (AvgIpc) is 2.48. The molecule has 21 heavy (non-hydrogen) atoms. The number of anilines is 1. The number of rotatable bonds is 5. The van der Waals surface area contributed by atoms with Crippen molar-refractivity contribution in [3.05, 3.63) is 62.2 Å². The molecule has 1 amide bonds. The van der Waals surface area contributed by atoms with Crippen molar-refractivity contribution in [1.29, 1.82) is 0 Å². The van der Waals surface area contributed by atoms with Crippen LogP contribution in [0.2, 0.25) is 5.02 Å². The molecule has 0 saturated heterocycles. The number of hydrogen-bond donors (Lipinski definition) is 1. The van der Waals surface area contributed by atoms with Gasteiger partial charge >= 0.3 is 0 Å². The standard InChI is InChI=1S/C16H14Cl2INO/c17-8-2-4-11-3-1-5-13(9-11)20-16(21)14-10-12(18)6-7-15(14)19/h1,3,5-7,9-10H,2,4,8H2,(H,20,21). The Bertz CT molecular complexity index is 646. The number of halogens is 3. The lowest BCUT2D eigenvalue weighted by Gasteiger charge is -2.09. The minimum absolute atomic E-state index is 0.156. The third kappa shape index (κ3) is 4.87. The molecule has 0 aliphatic heterocycles. The molecule has 0 spiro atoms. The van der Waals surface area contributed by atoms with Gasteiger partial charge in [0.05, 0.1) is 5.56 Å². The smallest absolute Gasteiger partial charge is 0.256 e. The second-order valence-corrected chi connectivity index (χ2v) is 6.55. The van der Waals surface area contributed by atoms with Gasteiger partial charge in [-0.2, -0.15) is 0 Å². The predicted octanol–water partition coefficient (Wildman–Crippen LogP) is 5.37.